The normalized spacial score (nSPS) is 14.8. The van der Waals surface area contributed by atoms with Crippen molar-refractivity contribution < 1.29 is 13.2 Å². The molecule has 0 atom stereocenters. The van der Waals surface area contributed by atoms with Gasteiger partial charge in [0.1, 0.15) is 0 Å². The number of aryl methyl sites for hydroxylation is 1. The van der Waals surface area contributed by atoms with Crippen LogP contribution in [0.2, 0.25) is 0 Å². The van der Waals surface area contributed by atoms with E-state index < -0.39 is 10.0 Å². The van der Waals surface area contributed by atoms with E-state index in [0.717, 1.165) is 13.1 Å². The molecule has 1 saturated heterocycles. The SMILES string of the molecule is C=CCNS(=O)(=O)c1ccc(C(=O)N2CCN(c3cccc(C)c3)CC2)cc1. The summed E-state index contributed by atoms with van der Waals surface area (Å²) in [4.78, 5) is 17.0. The monoisotopic (exact) mass is 399 g/mol. The first-order valence-corrected chi connectivity index (χ1v) is 10.7. The highest BCUT2D eigenvalue weighted by atomic mass is 32.2. The summed E-state index contributed by atoms with van der Waals surface area (Å²) >= 11 is 0. The Morgan fingerprint density at radius 2 is 1.79 bits per heavy atom. The van der Waals surface area contributed by atoms with E-state index in [0.29, 0.717) is 18.7 Å². The molecular formula is C21H25N3O3S. The summed E-state index contributed by atoms with van der Waals surface area (Å²) < 4.78 is 26.6. The fourth-order valence-electron chi connectivity index (χ4n) is 3.20. The van der Waals surface area contributed by atoms with E-state index in [1.54, 1.807) is 12.1 Å². The fraction of sp³-hybridized carbons (Fsp3) is 0.286. The van der Waals surface area contributed by atoms with Crippen molar-refractivity contribution in [1.29, 1.82) is 0 Å². The second kappa shape index (κ2) is 8.58. The molecule has 1 fully saturated rings. The van der Waals surface area contributed by atoms with Gasteiger partial charge in [0, 0.05) is 44.0 Å². The van der Waals surface area contributed by atoms with Gasteiger partial charge in [-0.15, -0.1) is 6.58 Å². The van der Waals surface area contributed by atoms with E-state index in [1.807, 2.05) is 11.0 Å². The second-order valence-electron chi connectivity index (χ2n) is 6.78. The number of nitrogens with one attached hydrogen (secondary N) is 1. The zero-order valence-electron chi connectivity index (χ0n) is 16.0. The van der Waals surface area contributed by atoms with Gasteiger partial charge in [-0.1, -0.05) is 18.2 Å². The Kier molecular flexibility index (Phi) is 6.16. The number of carbonyl (C=O) groups excluding carboxylic acids is 1. The van der Waals surface area contributed by atoms with Crippen molar-refractivity contribution in [2.75, 3.05) is 37.6 Å². The topological polar surface area (TPSA) is 69.7 Å². The van der Waals surface area contributed by atoms with Crippen LogP contribution in [0.5, 0.6) is 0 Å². The molecule has 0 bridgehead atoms. The molecule has 0 saturated carbocycles. The molecule has 0 spiro atoms. The lowest BCUT2D eigenvalue weighted by Crippen LogP contribution is -2.48. The van der Waals surface area contributed by atoms with E-state index in [2.05, 4.69) is 41.3 Å². The van der Waals surface area contributed by atoms with Crippen molar-refractivity contribution in [3.63, 3.8) is 0 Å². The molecule has 1 N–H and O–H groups in total. The maximum absolute atomic E-state index is 12.8. The van der Waals surface area contributed by atoms with Crippen LogP contribution in [0.3, 0.4) is 0 Å². The minimum atomic E-state index is -3.58. The lowest BCUT2D eigenvalue weighted by Gasteiger charge is -2.36. The summed E-state index contributed by atoms with van der Waals surface area (Å²) in [7, 11) is -3.58. The Morgan fingerprint density at radius 3 is 2.39 bits per heavy atom. The third kappa shape index (κ3) is 4.61. The standard InChI is InChI=1S/C21H25N3O3S/c1-3-11-22-28(26,27)20-9-7-18(8-10-20)21(25)24-14-12-23(13-15-24)19-6-4-5-17(2)16-19/h3-10,16,22H,1,11-15H2,2H3. The predicted octanol–water partition coefficient (Wildman–Crippen LogP) is 2.42. The van der Waals surface area contributed by atoms with Crippen molar-refractivity contribution in [3.05, 3.63) is 72.3 Å². The summed E-state index contributed by atoms with van der Waals surface area (Å²) in [6, 6.07) is 14.4. The number of carbonyl (C=O) groups is 1. The van der Waals surface area contributed by atoms with Gasteiger partial charge in [-0.05, 0) is 48.9 Å². The Bertz CT molecular complexity index is 947. The number of piperazine rings is 1. The summed E-state index contributed by atoms with van der Waals surface area (Å²) in [5.74, 6) is -0.0770. The number of benzene rings is 2. The lowest BCUT2D eigenvalue weighted by atomic mass is 10.1. The Hall–Kier alpha value is -2.64. The number of hydrogen-bond acceptors (Lipinski definition) is 4. The van der Waals surface area contributed by atoms with Gasteiger partial charge in [-0.3, -0.25) is 4.79 Å². The minimum Gasteiger partial charge on any atom is -0.368 e. The number of hydrogen-bond donors (Lipinski definition) is 1. The van der Waals surface area contributed by atoms with Crippen molar-refractivity contribution in [2.45, 2.75) is 11.8 Å². The molecule has 28 heavy (non-hydrogen) atoms. The van der Waals surface area contributed by atoms with Crippen LogP contribution in [0.25, 0.3) is 0 Å². The number of anilines is 1. The van der Waals surface area contributed by atoms with E-state index in [4.69, 9.17) is 0 Å². The molecule has 1 aliphatic rings. The maximum Gasteiger partial charge on any atom is 0.253 e. The fourth-order valence-corrected chi connectivity index (χ4v) is 4.20. The Morgan fingerprint density at radius 1 is 1.11 bits per heavy atom. The van der Waals surface area contributed by atoms with Crippen molar-refractivity contribution in [2.24, 2.45) is 0 Å². The zero-order chi connectivity index (χ0) is 20.1. The number of sulfonamides is 1. The zero-order valence-corrected chi connectivity index (χ0v) is 16.8. The van der Waals surface area contributed by atoms with Gasteiger partial charge in [0.15, 0.2) is 0 Å². The molecule has 0 radical (unpaired) electrons. The van der Waals surface area contributed by atoms with Gasteiger partial charge < -0.3 is 9.80 Å². The summed E-state index contributed by atoms with van der Waals surface area (Å²) in [6.45, 7) is 8.53. The first kappa shape index (κ1) is 20.1. The first-order chi connectivity index (χ1) is 13.4. The second-order valence-corrected chi connectivity index (χ2v) is 8.55. The van der Waals surface area contributed by atoms with Crippen LogP contribution in [0.15, 0.2) is 66.1 Å². The molecule has 1 amide bonds. The number of rotatable bonds is 6. The molecule has 6 nitrogen and oxygen atoms in total. The largest absolute Gasteiger partial charge is 0.368 e. The van der Waals surface area contributed by atoms with E-state index in [1.165, 1.54) is 29.5 Å². The van der Waals surface area contributed by atoms with Gasteiger partial charge in [0.25, 0.3) is 5.91 Å². The van der Waals surface area contributed by atoms with Crippen LogP contribution in [-0.4, -0.2) is 51.9 Å². The van der Waals surface area contributed by atoms with Gasteiger partial charge >= 0.3 is 0 Å². The summed E-state index contributed by atoms with van der Waals surface area (Å²) in [6.07, 6.45) is 1.48. The highest BCUT2D eigenvalue weighted by Gasteiger charge is 2.23. The molecule has 1 heterocycles. The van der Waals surface area contributed by atoms with Crippen molar-refractivity contribution in [3.8, 4) is 0 Å². The number of nitrogens with zero attached hydrogens (tertiary/aromatic N) is 2. The molecule has 2 aromatic carbocycles. The number of amides is 1. The highest BCUT2D eigenvalue weighted by Crippen LogP contribution is 2.19. The van der Waals surface area contributed by atoms with Crippen LogP contribution >= 0.6 is 0 Å². The van der Waals surface area contributed by atoms with Crippen molar-refractivity contribution >= 4 is 21.6 Å². The van der Waals surface area contributed by atoms with E-state index >= 15 is 0 Å². The van der Waals surface area contributed by atoms with Crippen molar-refractivity contribution in [1.82, 2.24) is 9.62 Å². The Labute approximate surface area is 166 Å². The molecule has 148 valence electrons. The van der Waals surface area contributed by atoms with Crippen LogP contribution in [0.4, 0.5) is 5.69 Å². The van der Waals surface area contributed by atoms with Crippen LogP contribution in [0.1, 0.15) is 15.9 Å². The lowest BCUT2D eigenvalue weighted by molar-refractivity contribution is 0.0746. The predicted molar refractivity (Wildman–Crippen MR) is 111 cm³/mol. The third-order valence-corrected chi connectivity index (χ3v) is 6.20. The summed E-state index contributed by atoms with van der Waals surface area (Å²) in [5, 5.41) is 0. The van der Waals surface area contributed by atoms with Gasteiger partial charge in [0.2, 0.25) is 10.0 Å². The molecule has 2 aromatic rings. The minimum absolute atomic E-state index is 0.0770. The molecule has 0 unspecified atom stereocenters. The maximum atomic E-state index is 12.8. The summed E-state index contributed by atoms with van der Waals surface area (Å²) in [5.41, 5.74) is 2.88. The first-order valence-electron chi connectivity index (χ1n) is 9.22. The van der Waals surface area contributed by atoms with Crippen LogP contribution in [0, 0.1) is 6.92 Å². The van der Waals surface area contributed by atoms with E-state index in [9.17, 15) is 13.2 Å². The molecule has 7 heteroatoms. The van der Waals surface area contributed by atoms with Crippen LogP contribution < -0.4 is 9.62 Å². The quantitative estimate of drug-likeness (QED) is 0.758. The van der Waals surface area contributed by atoms with Gasteiger partial charge in [0.05, 0.1) is 4.90 Å². The van der Waals surface area contributed by atoms with Gasteiger partial charge in [-0.25, -0.2) is 13.1 Å². The van der Waals surface area contributed by atoms with Crippen LogP contribution in [-0.2, 0) is 10.0 Å². The highest BCUT2D eigenvalue weighted by molar-refractivity contribution is 7.89. The molecule has 0 aliphatic carbocycles. The Balaban J connectivity index is 1.63. The third-order valence-electron chi connectivity index (χ3n) is 4.76. The molecular weight excluding hydrogens is 374 g/mol. The average molecular weight is 400 g/mol. The van der Waals surface area contributed by atoms with Gasteiger partial charge in [-0.2, -0.15) is 0 Å². The molecule has 3 rings (SSSR count). The van der Waals surface area contributed by atoms with E-state index in [-0.39, 0.29) is 17.3 Å². The molecule has 1 aliphatic heterocycles. The smallest absolute Gasteiger partial charge is 0.253 e. The molecule has 0 aromatic heterocycles. The average Bonchev–Trinajstić information content (AvgIpc) is 2.72.